The van der Waals surface area contributed by atoms with E-state index in [4.69, 9.17) is 4.74 Å². The lowest BCUT2D eigenvalue weighted by molar-refractivity contribution is -0.149. The van der Waals surface area contributed by atoms with Gasteiger partial charge in [0.15, 0.2) is 0 Å². The highest BCUT2D eigenvalue weighted by Gasteiger charge is 2.50. The molecule has 0 spiro atoms. The number of ether oxygens (including phenoxy) is 1. The Morgan fingerprint density at radius 2 is 1.59 bits per heavy atom. The number of carbonyl (C=O) groups is 3. The monoisotopic (exact) mass is 526 g/mol. The standard InChI is InChI=1S/C32H34N2O5/c1-2-39-31(38)32(22-10-4-3-5-11-22)19-16-25(24-12-6-8-14-27(24)32)30(37)34-20-17-23(18-21-34)33-29(36)26-13-7-9-15-28(26)35/h3-15,23,25,35H,2,16-21H2,1H3,(H,33,36)/t25-,32?/m0/s1. The van der Waals surface area contributed by atoms with Crippen LogP contribution in [-0.4, -0.2) is 53.5 Å². The van der Waals surface area contributed by atoms with Crippen LogP contribution in [-0.2, 0) is 19.7 Å². The summed E-state index contributed by atoms with van der Waals surface area (Å²) in [6, 6.07) is 23.9. The average Bonchev–Trinajstić information content (AvgIpc) is 2.97. The first-order valence-electron chi connectivity index (χ1n) is 13.7. The molecule has 0 bridgehead atoms. The molecule has 202 valence electrons. The van der Waals surface area contributed by atoms with E-state index in [-0.39, 0.29) is 47.7 Å². The zero-order valence-corrected chi connectivity index (χ0v) is 22.1. The molecule has 39 heavy (non-hydrogen) atoms. The first-order chi connectivity index (χ1) is 19.0. The zero-order valence-electron chi connectivity index (χ0n) is 22.1. The van der Waals surface area contributed by atoms with Gasteiger partial charge in [0.2, 0.25) is 5.91 Å². The first kappa shape index (κ1) is 26.5. The number of carbonyl (C=O) groups excluding carboxylic acids is 3. The molecule has 0 aromatic heterocycles. The van der Waals surface area contributed by atoms with E-state index in [1.807, 2.05) is 66.4 Å². The van der Waals surface area contributed by atoms with Gasteiger partial charge in [0.1, 0.15) is 11.2 Å². The maximum atomic E-state index is 13.8. The van der Waals surface area contributed by atoms with Crippen LogP contribution in [0.25, 0.3) is 0 Å². The number of benzene rings is 3. The van der Waals surface area contributed by atoms with Gasteiger partial charge in [0, 0.05) is 19.1 Å². The molecular formula is C32H34N2O5. The number of para-hydroxylation sites is 1. The number of rotatable bonds is 6. The minimum absolute atomic E-state index is 0.0482. The predicted octanol–water partition coefficient (Wildman–Crippen LogP) is 4.54. The molecule has 1 fully saturated rings. The van der Waals surface area contributed by atoms with E-state index in [0.717, 1.165) is 16.7 Å². The SMILES string of the molecule is CCOC(=O)C1(c2ccccc2)CC[C@H](C(=O)N2CCC(NC(=O)c3ccccc3O)CC2)c2ccccc21. The van der Waals surface area contributed by atoms with E-state index in [1.54, 1.807) is 18.2 Å². The van der Waals surface area contributed by atoms with Crippen molar-refractivity contribution in [2.24, 2.45) is 0 Å². The van der Waals surface area contributed by atoms with Gasteiger partial charge in [0.25, 0.3) is 5.91 Å². The Kier molecular flexibility index (Phi) is 7.68. The number of phenols is 1. The first-order valence-corrected chi connectivity index (χ1v) is 13.7. The normalized spacial score (nSPS) is 21.1. The summed E-state index contributed by atoms with van der Waals surface area (Å²) in [6.07, 6.45) is 2.29. The summed E-state index contributed by atoms with van der Waals surface area (Å²) in [5.41, 5.74) is 1.89. The molecular weight excluding hydrogens is 492 g/mol. The summed E-state index contributed by atoms with van der Waals surface area (Å²) in [6.45, 7) is 3.16. The number of nitrogens with one attached hydrogen (secondary N) is 1. The number of likely N-dealkylation sites (tertiary alicyclic amines) is 1. The quantitative estimate of drug-likeness (QED) is 0.460. The van der Waals surface area contributed by atoms with Crippen LogP contribution in [0.4, 0.5) is 0 Å². The summed E-state index contributed by atoms with van der Waals surface area (Å²) in [5, 5.41) is 13.0. The van der Waals surface area contributed by atoms with Crippen LogP contribution in [0, 0.1) is 0 Å². The molecule has 7 heteroatoms. The van der Waals surface area contributed by atoms with Crippen molar-refractivity contribution in [1.82, 2.24) is 10.2 Å². The number of hydrogen-bond acceptors (Lipinski definition) is 5. The van der Waals surface area contributed by atoms with Crippen LogP contribution in [0.1, 0.15) is 65.6 Å². The molecule has 3 aromatic rings. The Labute approximate surface area is 228 Å². The van der Waals surface area contributed by atoms with Gasteiger partial charge in [-0.25, -0.2) is 0 Å². The van der Waals surface area contributed by atoms with Crippen molar-refractivity contribution in [3.63, 3.8) is 0 Å². The Morgan fingerprint density at radius 3 is 2.31 bits per heavy atom. The third-order valence-electron chi connectivity index (χ3n) is 8.08. The lowest BCUT2D eigenvalue weighted by atomic mass is 9.63. The number of esters is 1. The summed E-state index contributed by atoms with van der Waals surface area (Å²) in [4.78, 5) is 41.9. The van der Waals surface area contributed by atoms with Crippen LogP contribution < -0.4 is 5.32 Å². The van der Waals surface area contributed by atoms with Gasteiger partial charge in [-0.15, -0.1) is 0 Å². The number of amides is 2. The van der Waals surface area contributed by atoms with E-state index in [1.165, 1.54) is 6.07 Å². The number of hydrogen-bond donors (Lipinski definition) is 2. The second-order valence-corrected chi connectivity index (χ2v) is 10.3. The maximum Gasteiger partial charge on any atom is 0.321 e. The van der Waals surface area contributed by atoms with Crippen LogP contribution in [0.2, 0.25) is 0 Å². The van der Waals surface area contributed by atoms with Crippen molar-refractivity contribution in [1.29, 1.82) is 0 Å². The fourth-order valence-electron chi connectivity index (χ4n) is 6.10. The molecule has 1 aliphatic carbocycles. The molecule has 1 heterocycles. The van der Waals surface area contributed by atoms with Crippen molar-refractivity contribution < 1.29 is 24.2 Å². The van der Waals surface area contributed by atoms with Crippen molar-refractivity contribution >= 4 is 17.8 Å². The fraction of sp³-hybridized carbons (Fsp3) is 0.344. The smallest absolute Gasteiger partial charge is 0.321 e. The van der Waals surface area contributed by atoms with Gasteiger partial charge in [0.05, 0.1) is 18.1 Å². The Hall–Kier alpha value is -4.13. The molecule has 1 aliphatic heterocycles. The summed E-state index contributed by atoms with van der Waals surface area (Å²) in [7, 11) is 0. The third-order valence-corrected chi connectivity index (χ3v) is 8.08. The van der Waals surface area contributed by atoms with Gasteiger partial charge in [-0.3, -0.25) is 14.4 Å². The third kappa shape index (κ3) is 5.01. The molecule has 1 saturated heterocycles. The maximum absolute atomic E-state index is 13.8. The van der Waals surface area contributed by atoms with Gasteiger partial charge < -0.3 is 20.1 Å². The van der Waals surface area contributed by atoms with Gasteiger partial charge in [-0.2, -0.15) is 0 Å². The van der Waals surface area contributed by atoms with Gasteiger partial charge in [-0.1, -0.05) is 66.7 Å². The van der Waals surface area contributed by atoms with Gasteiger partial charge >= 0.3 is 5.97 Å². The summed E-state index contributed by atoms with van der Waals surface area (Å²) in [5.74, 6) is -0.933. The van der Waals surface area contributed by atoms with E-state index in [0.29, 0.717) is 38.8 Å². The largest absolute Gasteiger partial charge is 0.507 e. The molecule has 2 amide bonds. The lowest BCUT2D eigenvalue weighted by Gasteiger charge is -2.42. The second-order valence-electron chi connectivity index (χ2n) is 10.3. The van der Waals surface area contributed by atoms with E-state index in [2.05, 4.69) is 5.32 Å². The Morgan fingerprint density at radius 1 is 0.923 bits per heavy atom. The number of piperidine rings is 1. The molecule has 2 atom stereocenters. The van der Waals surface area contributed by atoms with Crippen LogP contribution in [0.3, 0.4) is 0 Å². The predicted molar refractivity (Wildman–Crippen MR) is 147 cm³/mol. The van der Waals surface area contributed by atoms with Crippen LogP contribution in [0.15, 0.2) is 78.9 Å². The van der Waals surface area contributed by atoms with E-state index >= 15 is 0 Å². The van der Waals surface area contributed by atoms with Crippen molar-refractivity contribution in [2.45, 2.75) is 50.0 Å². The highest BCUT2D eigenvalue weighted by molar-refractivity contribution is 5.97. The highest BCUT2D eigenvalue weighted by Crippen LogP contribution is 2.48. The van der Waals surface area contributed by atoms with Crippen molar-refractivity contribution in [3.05, 3.63) is 101 Å². The zero-order chi connectivity index (χ0) is 27.4. The van der Waals surface area contributed by atoms with Crippen LogP contribution >= 0.6 is 0 Å². The number of nitrogens with zero attached hydrogens (tertiary/aromatic N) is 1. The fourth-order valence-corrected chi connectivity index (χ4v) is 6.10. The number of fused-ring (bicyclic) bond motifs is 1. The van der Waals surface area contributed by atoms with Gasteiger partial charge in [-0.05, 0) is 61.4 Å². The lowest BCUT2D eigenvalue weighted by Crippen LogP contribution is -2.49. The minimum Gasteiger partial charge on any atom is -0.507 e. The van der Waals surface area contributed by atoms with Crippen molar-refractivity contribution in [2.75, 3.05) is 19.7 Å². The molecule has 1 unspecified atom stereocenters. The highest BCUT2D eigenvalue weighted by atomic mass is 16.5. The number of phenolic OH excluding ortho intramolecular Hbond substituents is 1. The number of aromatic hydroxyl groups is 1. The Balaban J connectivity index is 1.33. The molecule has 5 rings (SSSR count). The molecule has 2 aliphatic rings. The Bertz CT molecular complexity index is 1350. The summed E-state index contributed by atoms with van der Waals surface area (Å²) < 4.78 is 5.61. The molecule has 0 radical (unpaired) electrons. The van der Waals surface area contributed by atoms with Crippen molar-refractivity contribution in [3.8, 4) is 5.75 Å². The molecule has 7 nitrogen and oxygen atoms in total. The molecule has 2 N–H and O–H groups in total. The minimum atomic E-state index is -0.953. The average molecular weight is 527 g/mol. The molecule has 3 aromatic carbocycles. The summed E-state index contributed by atoms with van der Waals surface area (Å²) >= 11 is 0. The van der Waals surface area contributed by atoms with E-state index in [9.17, 15) is 19.5 Å². The second kappa shape index (κ2) is 11.3. The van der Waals surface area contributed by atoms with Crippen LogP contribution in [0.5, 0.6) is 5.75 Å². The molecule has 0 saturated carbocycles. The van der Waals surface area contributed by atoms with E-state index < -0.39 is 5.41 Å². The topological polar surface area (TPSA) is 95.9 Å².